The van der Waals surface area contributed by atoms with E-state index >= 15 is 0 Å². The molecule has 4 fully saturated rings. The number of nitrogens with zero attached hydrogens (tertiary/aromatic N) is 3. The van der Waals surface area contributed by atoms with Crippen molar-refractivity contribution in [2.45, 2.75) is 44.6 Å². The van der Waals surface area contributed by atoms with E-state index in [0.717, 1.165) is 51.2 Å². The molecule has 1 N–H and O–H groups in total. The molecule has 4 aliphatic rings. The average Bonchev–Trinajstić information content (AvgIpc) is 3.33. The van der Waals surface area contributed by atoms with Crippen molar-refractivity contribution in [2.24, 2.45) is 16.8 Å². The van der Waals surface area contributed by atoms with Crippen LogP contribution in [0.25, 0.3) is 0 Å². The Balaban J connectivity index is 1.46. The molecule has 26 heavy (non-hydrogen) atoms. The lowest BCUT2D eigenvalue weighted by molar-refractivity contribution is -0.0105. The van der Waals surface area contributed by atoms with Gasteiger partial charge in [-0.2, -0.15) is 11.8 Å². The van der Waals surface area contributed by atoms with Crippen LogP contribution in [0.15, 0.2) is 4.99 Å². The molecule has 0 aromatic rings. The van der Waals surface area contributed by atoms with Crippen LogP contribution in [-0.4, -0.2) is 85.3 Å². The first-order valence-corrected chi connectivity index (χ1v) is 11.9. The van der Waals surface area contributed by atoms with E-state index in [4.69, 9.17) is 9.73 Å². The van der Waals surface area contributed by atoms with Gasteiger partial charge in [-0.3, -0.25) is 9.89 Å². The molecule has 0 radical (unpaired) electrons. The van der Waals surface area contributed by atoms with Crippen molar-refractivity contribution in [1.82, 2.24) is 15.1 Å². The van der Waals surface area contributed by atoms with Crippen LogP contribution in [0.4, 0.5) is 0 Å². The van der Waals surface area contributed by atoms with E-state index in [0.29, 0.717) is 0 Å². The van der Waals surface area contributed by atoms with Gasteiger partial charge < -0.3 is 15.0 Å². The quantitative estimate of drug-likeness (QED) is 0.598. The summed E-state index contributed by atoms with van der Waals surface area (Å²) in [5.41, 5.74) is 0.252. The summed E-state index contributed by atoms with van der Waals surface area (Å²) in [6, 6.07) is 0. The highest BCUT2D eigenvalue weighted by atomic mass is 32.2. The van der Waals surface area contributed by atoms with Gasteiger partial charge in [0.2, 0.25) is 0 Å². The predicted molar refractivity (Wildman–Crippen MR) is 110 cm³/mol. The third-order valence-corrected chi connectivity index (χ3v) is 8.13. The lowest BCUT2D eigenvalue weighted by atomic mass is 9.82. The molecule has 0 spiro atoms. The van der Waals surface area contributed by atoms with Gasteiger partial charge in [-0.25, -0.2) is 0 Å². The Morgan fingerprint density at radius 2 is 1.92 bits per heavy atom. The number of fused-ring (bicyclic) bond motifs is 1. The normalized spacial score (nSPS) is 36.3. The highest BCUT2D eigenvalue weighted by molar-refractivity contribution is 7.99. The number of hydrogen-bond acceptors (Lipinski definition) is 4. The second-order valence-corrected chi connectivity index (χ2v) is 9.61. The molecule has 3 aliphatic heterocycles. The smallest absolute Gasteiger partial charge is 0.193 e. The van der Waals surface area contributed by atoms with Gasteiger partial charge in [0.1, 0.15) is 0 Å². The number of rotatable bonds is 4. The first-order valence-electron chi connectivity index (χ1n) is 10.7. The van der Waals surface area contributed by atoms with Gasteiger partial charge in [0, 0.05) is 38.5 Å². The summed E-state index contributed by atoms with van der Waals surface area (Å²) in [5, 5.41) is 3.60. The second kappa shape index (κ2) is 8.70. The zero-order valence-electron chi connectivity index (χ0n) is 16.4. The molecule has 0 bridgehead atoms. The van der Waals surface area contributed by atoms with Crippen molar-refractivity contribution >= 4 is 17.7 Å². The van der Waals surface area contributed by atoms with E-state index in [1.165, 1.54) is 62.7 Å². The minimum Gasteiger partial charge on any atom is -0.379 e. The van der Waals surface area contributed by atoms with E-state index in [1.807, 2.05) is 0 Å². The van der Waals surface area contributed by atoms with Crippen LogP contribution in [0.1, 0.15) is 39.0 Å². The number of thioether (sulfide) groups is 1. The van der Waals surface area contributed by atoms with Crippen LogP contribution in [0, 0.1) is 11.8 Å². The molecule has 3 heterocycles. The molecule has 4 rings (SSSR count). The molecule has 3 unspecified atom stereocenters. The van der Waals surface area contributed by atoms with E-state index in [9.17, 15) is 0 Å². The SMILES string of the molecule is CCNC(=NCC1(N2CCOCC2)CCSC1)N1CC2CCCCC2C1. The van der Waals surface area contributed by atoms with E-state index in [-0.39, 0.29) is 5.54 Å². The van der Waals surface area contributed by atoms with Gasteiger partial charge in [-0.15, -0.1) is 0 Å². The predicted octanol–water partition coefficient (Wildman–Crippen LogP) is 2.28. The van der Waals surface area contributed by atoms with E-state index in [2.05, 4.69) is 33.8 Å². The summed E-state index contributed by atoms with van der Waals surface area (Å²) in [4.78, 5) is 10.5. The Bertz CT molecular complexity index is 474. The highest BCUT2D eigenvalue weighted by Crippen LogP contribution is 2.37. The van der Waals surface area contributed by atoms with Crippen molar-refractivity contribution in [2.75, 3.05) is 64.0 Å². The molecule has 1 aliphatic carbocycles. The second-order valence-electron chi connectivity index (χ2n) is 8.51. The van der Waals surface area contributed by atoms with Gasteiger partial charge in [-0.1, -0.05) is 12.8 Å². The number of nitrogens with one attached hydrogen (secondary N) is 1. The molecule has 3 saturated heterocycles. The number of guanidine groups is 1. The van der Waals surface area contributed by atoms with Crippen LogP contribution in [0.2, 0.25) is 0 Å². The number of likely N-dealkylation sites (tertiary alicyclic amines) is 1. The standard InChI is InChI=1S/C20H36N4OS/c1-2-21-19(23-13-17-5-3-4-6-18(17)14-23)22-15-20(7-12-26-16-20)24-8-10-25-11-9-24/h17-18H,2-16H2,1H3,(H,21,22). The lowest BCUT2D eigenvalue weighted by Gasteiger charge is -2.42. The summed E-state index contributed by atoms with van der Waals surface area (Å²) < 4.78 is 5.60. The Hall–Kier alpha value is -0.460. The average molecular weight is 381 g/mol. The highest BCUT2D eigenvalue weighted by Gasteiger charge is 2.41. The summed E-state index contributed by atoms with van der Waals surface area (Å²) in [6.07, 6.45) is 6.98. The molecule has 0 aromatic carbocycles. The monoisotopic (exact) mass is 380 g/mol. The van der Waals surface area contributed by atoms with Crippen LogP contribution in [0.3, 0.4) is 0 Å². The molecular formula is C20H36N4OS. The maximum absolute atomic E-state index is 5.60. The molecule has 5 nitrogen and oxygen atoms in total. The topological polar surface area (TPSA) is 40.1 Å². The summed E-state index contributed by atoms with van der Waals surface area (Å²) >= 11 is 2.10. The van der Waals surface area contributed by atoms with Crippen molar-refractivity contribution < 1.29 is 4.74 Å². The van der Waals surface area contributed by atoms with Crippen molar-refractivity contribution in [3.63, 3.8) is 0 Å². The Morgan fingerprint density at radius 3 is 2.54 bits per heavy atom. The van der Waals surface area contributed by atoms with Crippen molar-refractivity contribution in [1.29, 1.82) is 0 Å². The van der Waals surface area contributed by atoms with Crippen LogP contribution >= 0.6 is 11.8 Å². The van der Waals surface area contributed by atoms with Crippen LogP contribution in [-0.2, 0) is 4.74 Å². The number of aliphatic imine (C=N–C) groups is 1. The molecule has 0 amide bonds. The minimum atomic E-state index is 0.252. The van der Waals surface area contributed by atoms with Crippen molar-refractivity contribution in [3.8, 4) is 0 Å². The number of ether oxygens (including phenoxy) is 1. The third kappa shape index (κ3) is 4.02. The summed E-state index contributed by atoms with van der Waals surface area (Å²) in [7, 11) is 0. The maximum Gasteiger partial charge on any atom is 0.193 e. The Labute approximate surface area is 163 Å². The van der Waals surface area contributed by atoms with Gasteiger partial charge in [0.25, 0.3) is 0 Å². The van der Waals surface area contributed by atoms with Gasteiger partial charge in [0.15, 0.2) is 5.96 Å². The van der Waals surface area contributed by atoms with E-state index < -0.39 is 0 Å². The van der Waals surface area contributed by atoms with Crippen LogP contribution < -0.4 is 5.32 Å². The zero-order chi connectivity index (χ0) is 17.8. The molecule has 0 aromatic heterocycles. The Morgan fingerprint density at radius 1 is 1.19 bits per heavy atom. The maximum atomic E-state index is 5.60. The fourth-order valence-corrected chi connectivity index (χ4v) is 6.80. The van der Waals surface area contributed by atoms with Gasteiger partial charge in [0.05, 0.1) is 25.3 Å². The summed E-state index contributed by atoms with van der Waals surface area (Å²) in [5.74, 6) is 5.48. The minimum absolute atomic E-state index is 0.252. The number of morpholine rings is 1. The Kier molecular flexibility index (Phi) is 6.32. The third-order valence-electron chi connectivity index (χ3n) is 6.90. The van der Waals surface area contributed by atoms with E-state index in [1.54, 1.807) is 0 Å². The lowest BCUT2D eigenvalue weighted by Crippen LogP contribution is -2.56. The molecular weight excluding hydrogens is 344 g/mol. The largest absolute Gasteiger partial charge is 0.379 e. The molecule has 3 atom stereocenters. The van der Waals surface area contributed by atoms with Crippen LogP contribution in [0.5, 0.6) is 0 Å². The zero-order valence-corrected chi connectivity index (χ0v) is 17.2. The van der Waals surface area contributed by atoms with Crippen molar-refractivity contribution in [3.05, 3.63) is 0 Å². The summed E-state index contributed by atoms with van der Waals surface area (Å²) in [6.45, 7) is 10.4. The van der Waals surface area contributed by atoms with Gasteiger partial charge in [-0.05, 0) is 43.8 Å². The van der Waals surface area contributed by atoms with Gasteiger partial charge >= 0.3 is 0 Å². The molecule has 148 valence electrons. The first kappa shape index (κ1) is 18.9. The fraction of sp³-hybridized carbons (Fsp3) is 0.950. The molecule has 6 heteroatoms. The first-order chi connectivity index (χ1) is 12.8. The number of hydrogen-bond donors (Lipinski definition) is 1. The fourth-order valence-electron chi connectivity index (χ4n) is 5.33. The molecule has 1 saturated carbocycles.